The second kappa shape index (κ2) is 11.1. The minimum absolute atomic E-state index is 0.202. The summed E-state index contributed by atoms with van der Waals surface area (Å²) >= 11 is 1.77. The highest BCUT2D eigenvalue weighted by Gasteiger charge is 2.19. The molecule has 0 aliphatic carbocycles. The van der Waals surface area contributed by atoms with Crippen molar-refractivity contribution in [3.63, 3.8) is 0 Å². The number of hydrogen-bond acceptors (Lipinski definition) is 1. The zero-order chi connectivity index (χ0) is 40.4. The van der Waals surface area contributed by atoms with Gasteiger partial charge in [0.25, 0.3) is 0 Å². The molecule has 11 aromatic rings. The van der Waals surface area contributed by atoms with Crippen LogP contribution in [0.1, 0.15) is 11.0 Å². The monoisotopic (exact) mass is 670 g/mol. The van der Waals surface area contributed by atoms with Crippen LogP contribution in [0.15, 0.2) is 182 Å². The summed E-state index contributed by atoms with van der Waals surface area (Å²) in [6.45, 7) is 0. The second-order valence-corrected chi connectivity index (χ2v) is 14.0. The molecule has 236 valence electrons. The van der Waals surface area contributed by atoms with Gasteiger partial charge in [-0.2, -0.15) is 0 Å². The van der Waals surface area contributed by atoms with Crippen LogP contribution in [0.2, 0.25) is 0 Å². The van der Waals surface area contributed by atoms with Gasteiger partial charge < -0.3 is 0 Å². The Kier molecular flexibility index (Phi) is 4.74. The predicted molar refractivity (Wildman–Crippen MR) is 223 cm³/mol. The van der Waals surface area contributed by atoms with Crippen molar-refractivity contribution in [2.75, 3.05) is 0 Å². The Morgan fingerprint density at radius 1 is 0.353 bits per heavy atom. The van der Waals surface area contributed by atoms with E-state index in [1.807, 2.05) is 66.7 Å². The fraction of sp³-hybridized carbons (Fsp3) is 0. The number of hydrogen-bond donors (Lipinski definition) is 0. The third-order valence-electron chi connectivity index (χ3n) is 10.3. The minimum Gasteiger partial charge on any atom is -0.135 e. The molecule has 0 radical (unpaired) electrons. The lowest BCUT2D eigenvalue weighted by molar-refractivity contribution is 1.65. The maximum Gasteiger partial charge on any atom is 0.0629 e. The largest absolute Gasteiger partial charge is 0.135 e. The predicted octanol–water partition coefficient (Wildman–Crippen LogP) is 14.8. The summed E-state index contributed by atoms with van der Waals surface area (Å²) in [6.07, 6.45) is 0. The van der Waals surface area contributed by atoms with Crippen molar-refractivity contribution in [2.24, 2.45) is 0 Å². The van der Waals surface area contributed by atoms with Crippen molar-refractivity contribution in [1.82, 2.24) is 0 Å². The van der Waals surface area contributed by atoms with Gasteiger partial charge >= 0.3 is 0 Å². The number of benzene rings is 10. The molecule has 0 aliphatic heterocycles. The standard InChI is InChI=1S/C50H30S/c1-3-15-35-31(12-1)14-11-23-38(35)48-42-21-9-7-19-40(42)47(41-20-8-10-22-43(41)48)34-26-24-33(25-27-34)44-30-46-50(39-18-6-5-17-37(39)44)49-36-16-4-2-13-32(36)28-29-45(49)51-46/h1-30H/i7D,8D,9D,10D,19D,20D,21D,22D. The maximum absolute atomic E-state index is 9.39. The van der Waals surface area contributed by atoms with Crippen molar-refractivity contribution < 1.29 is 11.0 Å². The van der Waals surface area contributed by atoms with Gasteiger partial charge in [0.1, 0.15) is 0 Å². The summed E-state index contributed by atoms with van der Waals surface area (Å²) in [5.41, 5.74) is 3.86. The van der Waals surface area contributed by atoms with Crippen LogP contribution in [0.3, 0.4) is 0 Å². The zero-order valence-electron chi connectivity index (χ0n) is 35.1. The van der Waals surface area contributed by atoms with E-state index in [1.165, 1.54) is 30.9 Å². The van der Waals surface area contributed by atoms with E-state index in [0.29, 0.717) is 22.3 Å². The van der Waals surface area contributed by atoms with E-state index < -0.39 is 24.2 Å². The van der Waals surface area contributed by atoms with Gasteiger partial charge in [-0.25, -0.2) is 0 Å². The summed E-state index contributed by atoms with van der Waals surface area (Å²) in [4.78, 5) is 0. The maximum atomic E-state index is 9.39. The van der Waals surface area contributed by atoms with E-state index in [2.05, 4.69) is 66.7 Å². The Morgan fingerprint density at radius 2 is 0.882 bits per heavy atom. The molecule has 0 unspecified atom stereocenters. The summed E-state index contributed by atoms with van der Waals surface area (Å²) in [5.74, 6) is 0. The van der Waals surface area contributed by atoms with Gasteiger partial charge in [-0.15, -0.1) is 11.3 Å². The first-order valence-corrected chi connectivity index (χ1v) is 17.8. The Bertz CT molecular complexity index is 3560. The molecule has 11 rings (SSSR count). The summed E-state index contributed by atoms with van der Waals surface area (Å²) in [5, 5.41) is 9.65. The zero-order valence-corrected chi connectivity index (χ0v) is 27.9. The van der Waals surface area contributed by atoms with Crippen LogP contribution >= 0.6 is 11.3 Å². The van der Waals surface area contributed by atoms with Crippen molar-refractivity contribution in [1.29, 1.82) is 0 Å². The van der Waals surface area contributed by atoms with Crippen molar-refractivity contribution in [2.45, 2.75) is 0 Å². The topological polar surface area (TPSA) is 0 Å². The smallest absolute Gasteiger partial charge is 0.0629 e. The number of thiophene rings is 1. The van der Waals surface area contributed by atoms with Gasteiger partial charge in [0, 0.05) is 20.2 Å². The van der Waals surface area contributed by atoms with Crippen LogP contribution in [0.5, 0.6) is 0 Å². The molecule has 1 aromatic heterocycles. The molecule has 51 heavy (non-hydrogen) atoms. The highest BCUT2D eigenvalue weighted by molar-refractivity contribution is 7.26. The normalized spacial score (nSPS) is 14.1. The average molecular weight is 671 g/mol. The fourth-order valence-corrected chi connectivity index (χ4v) is 9.26. The third kappa shape index (κ3) is 4.26. The Morgan fingerprint density at radius 3 is 1.59 bits per heavy atom. The van der Waals surface area contributed by atoms with E-state index in [1.54, 1.807) is 11.3 Å². The van der Waals surface area contributed by atoms with Gasteiger partial charge in [0.15, 0.2) is 0 Å². The molecular weight excluding hydrogens is 633 g/mol. The Hall–Kier alpha value is -6.28. The molecule has 1 heterocycles. The molecule has 0 saturated heterocycles. The fourth-order valence-electron chi connectivity index (χ4n) is 8.08. The molecule has 0 N–H and O–H groups in total. The summed E-state index contributed by atoms with van der Waals surface area (Å²) in [7, 11) is 0. The van der Waals surface area contributed by atoms with Crippen LogP contribution in [0.25, 0.3) is 107 Å². The van der Waals surface area contributed by atoms with E-state index in [9.17, 15) is 5.48 Å². The van der Waals surface area contributed by atoms with Crippen LogP contribution < -0.4 is 0 Å². The van der Waals surface area contributed by atoms with E-state index in [0.717, 1.165) is 32.7 Å². The molecule has 0 amide bonds. The van der Waals surface area contributed by atoms with E-state index in [-0.39, 0.29) is 45.7 Å². The molecule has 0 spiro atoms. The van der Waals surface area contributed by atoms with E-state index in [4.69, 9.17) is 5.48 Å². The lowest BCUT2D eigenvalue weighted by Gasteiger charge is -2.19. The number of fused-ring (bicyclic) bond motifs is 10. The first-order chi connectivity index (χ1) is 28.6. The van der Waals surface area contributed by atoms with Crippen molar-refractivity contribution >= 4 is 85.4 Å². The van der Waals surface area contributed by atoms with Crippen LogP contribution in [0, 0.1) is 0 Å². The van der Waals surface area contributed by atoms with Crippen LogP contribution in [0.4, 0.5) is 0 Å². The van der Waals surface area contributed by atoms with Gasteiger partial charge in [-0.05, 0) is 99.4 Å². The quantitative estimate of drug-likeness (QED) is 0.164. The average Bonchev–Trinajstić information content (AvgIpc) is 3.67. The second-order valence-electron chi connectivity index (χ2n) is 13.0. The lowest BCUT2D eigenvalue weighted by Crippen LogP contribution is -1.91. The molecule has 0 aliphatic rings. The SMILES string of the molecule is [2H]c1c([2H])c([2H])c2c(-c3cccc4ccccc34)c3c([2H])c([2H])c([2H])c([2H])c3c(-c3ccc(-c4cc5sc6ccc7ccccc7c6c5c5ccccc45)cc3)c2c1[2H]. The van der Waals surface area contributed by atoms with Crippen LogP contribution in [-0.4, -0.2) is 0 Å². The molecule has 0 nitrogen and oxygen atoms in total. The summed E-state index contributed by atoms with van der Waals surface area (Å²) < 4.78 is 75.2. The Labute approximate surface area is 310 Å². The molecule has 10 aromatic carbocycles. The van der Waals surface area contributed by atoms with Crippen molar-refractivity contribution in [3.05, 3.63) is 182 Å². The van der Waals surface area contributed by atoms with Gasteiger partial charge in [-0.1, -0.05) is 170 Å². The van der Waals surface area contributed by atoms with Crippen LogP contribution in [-0.2, 0) is 0 Å². The minimum atomic E-state index is -0.416. The highest BCUT2D eigenvalue weighted by atomic mass is 32.1. The first kappa shape index (κ1) is 21.7. The molecule has 0 atom stereocenters. The highest BCUT2D eigenvalue weighted by Crippen LogP contribution is 2.47. The van der Waals surface area contributed by atoms with Gasteiger partial charge in [-0.3, -0.25) is 0 Å². The van der Waals surface area contributed by atoms with Crippen molar-refractivity contribution in [3.8, 4) is 33.4 Å². The lowest BCUT2D eigenvalue weighted by atomic mass is 9.84. The first-order valence-electron chi connectivity index (χ1n) is 20.9. The summed E-state index contributed by atoms with van der Waals surface area (Å²) in [6, 6.07) is 42.0. The molecule has 0 bridgehead atoms. The number of rotatable bonds is 3. The molecule has 0 saturated carbocycles. The molecular formula is C50H30S. The molecule has 0 fully saturated rings. The van der Waals surface area contributed by atoms with Gasteiger partial charge in [0.05, 0.1) is 11.0 Å². The van der Waals surface area contributed by atoms with E-state index >= 15 is 0 Å². The molecule has 1 heteroatoms. The van der Waals surface area contributed by atoms with Gasteiger partial charge in [0.2, 0.25) is 0 Å². The third-order valence-corrected chi connectivity index (χ3v) is 11.4. The Balaban J connectivity index is 1.23.